The second kappa shape index (κ2) is 6.15. The molecule has 1 heterocycles. The van der Waals surface area contributed by atoms with E-state index in [1.807, 2.05) is 30.5 Å². The van der Waals surface area contributed by atoms with Gasteiger partial charge in [-0.05, 0) is 55.5 Å². The van der Waals surface area contributed by atoms with Crippen LogP contribution in [0.1, 0.15) is 35.0 Å². The van der Waals surface area contributed by atoms with Crippen molar-refractivity contribution in [2.75, 3.05) is 11.6 Å². The molecule has 1 aliphatic rings. The second-order valence-electron chi connectivity index (χ2n) is 5.81. The first-order valence-corrected chi connectivity index (χ1v) is 9.29. The number of carbonyl (C=O) groups is 1. The molecule has 3 aromatic rings. The van der Waals surface area contributed by atoms with Crippen molar-refractivity contribution in [1.82, 2.24) is 4.98 Å². The van der Waals surface area contributed by atoms with E-state index in [0.29, 0.717) is 22.2 Å². The van der Waals surface area contributed by atoms with Crippen LogP contribution in [-0.4, -0.2) is 17.1 Å². The molecule has 1 amide bonds. The molecule has 6 heteroatoms. The highest BCUT2D eigenvalue weighted by Gasteiger charge is 2.28. The van der Waals surface area contributed by atoms with Gasteiger partial charge >= 0.3 is 0 Å². The van der Waals surface area contributed by atoms with Crippen molar-refractivity contribution in [2.45, 2.75) is 23.7 Å². The summed E-state index contributed by atoms with van der Waals surface area (Å²) in [6, 6.07) is 10.9. The fourth-order valence-electron chi connectivity index (χ4n) is 2.53. The van der Waals surface area contributed by atoms with E-state index < -0.39 is 0 Å². The number of fused-ring (bicyclic) bond motifs is 1. The van der Waals surface area contributed by atoms with E-state index in [4.69, 9.17) is 16.0 Å². The molecule has 2 aromatic carbocycles. The molecule has 122 valence electrons. The Bertz CT molecular complexity index is 934. The van der Waals surface area contributed by atoms with E-state index in [1.165, 1.54) is 0 Å². The first kappa shape index (κ1) is 15.5. The third-order valence-electron chi connectivity index (χ3n) is 4.01. The van der Waals surface area contributed by atoms with E-state index in [1.54, 1.807) is 23.9 Å². The number of nitrogens with one attached hydrogen (secondary N) is 1. The molecule has 0 atom stereocenters. The Labute approximate surface area is 148 Å². The van der Waals surface area contributed by atoms with E-state index in [9.17, 15) is 4.79 Å². The fourth-order valence-corrected chi connectivity index (χ4v) is 3.17. The maximum absolute atomic E-state index is 12.5. The van der Waals surface area contributed by atoms with Gasteiger partial charge in [0.15, 0.2) is 11.5 Å². The van der Waals surface area contributed by atoms with Crippen LogP contribution in [0.2, 0.25) is 5.02 Å². The molecule has 0 radical (unpaired) electrons. The molecule has 4 nitrogen and oxygen atoms in total. The van der Waals surface area contributed by atoms with Gasteiger partial charge in [0, 0.05) is 16.5 Å². The molecular weight excluding hydrogens is 344 g/mol. The summed E-state index contributed by atoms with van der Waals surface area (Å²) < 4.78 is 5.74. The third kappa shape index (κ3) is 3.01. The minimum atomic E-state index is -0.235. The zero-order chi connectivity index (χ0) is 16.7. The van der Waals surface area contributed by atoms with Crippen molar-refractivity contribution in [3.63, 3.8) is 0 Å². The van der Waals surface area contributed by atoms with Crippen molar-refractivity contribution in [3.8, 4) is 0 Å². The van der Waals surface area contributed by atoms with E-state index in [0.717, 1.165) is 34.7 Å². The van der Waals surface area contributed by atoms with Crippen LogP contribution in [0.3, 0.4) is 0 Å². The molecule has 1 aliphatic carbocycles. The normalized spacial score (nSPS) is 14.1. The van der Waals surface area contributed by atoms with Crippen LogP contribution in [0.15, 0.2) is 45.7 Å². The number of halogens is 1. The standard InChI is InChI=1S/C18H15ClN2O2S/c1-24-12-5-6-14(19)13(9-12)17(22)20-11-4-7-16-15(8-11)21-18(23-16)10-2-3-10/h4-10H,2-3H2,1H3,(H,20,22). The zero-order valence-electron chi connectivity index (χ0n) is 13.0. The number of carbonyl (C=O) groups excluding carboxylic acids is 1. The molecule has 24 heavy (non-hydrogen) atoms. The van der Waals surface area contributed by atoms with Gasteiger partial charge in [-0.1, -0.05) is 11.6 Å². The number of hydrogen-bond acceptors (Lipinski definition) is 4. The third-order valence-corrected chi connectivity index (χ3v) is 5.06. The maximum atomic E-state index is 12.5. The van der Waals surface area contributed by atoms with Gasteiger partial charge in [0.25, 0.3) is 5.91 Å². The average molecular weight is 359 g/mol. The molecule has 0 unspecified atom stereocenters. The van der Waals surface area contributed by atoms with Gasteiger partial charge < -0.3 is 9.73 Å². The highest BCUT2D eigenvalue weighted by molar-refractivity contribution is 7.98. The Kier molecular flexibility index (Phi) is 3.98. The first-order chi connectivity index (χ1) is 11.6. The monoisotopic (exact) mass is 358 g/mol. The van der Waals surface area contributed by atoms with Gasteiger partial charge in [0.2, 0.25) is 0 Å². The molecule has 1 aromatic heterocycles. The van der Waals surface area contributed by atoms with Crippen molar-refractivity contribution in [1.29, 1.82) is 0 Å². The topological polar surface area (TPSA) is 55.1 Å². The summed E-state index contributed by atoms with van der Waals surface area (Å²) in [4.78, 5) is 18.0. The fraction of sp³-hybridized carbons (Fsp3) is 0.222. The number of hydrogen-bond donors (Lipinski definition) is 1. The lowest BCUT2D eigenvalue weighted by Gasteiger charge is -2.08. The zero-order valence-corrected chi connectivity index (χ0v) is 14.6. The van der Waals surface area contributed by atoms with Gasteiger partial charge in [-0.15, -0.1) is 11.8 Å². The minimum absolute atomic E-state index is 0.235. The van der Waals surface area contributed by atoms with Crippen LogP contribution in [0, 0.1) is 0 Å². The molecule has 1 saturated carbocycles. The van der Waals surface area contributed by atoms with Crippen molar-refractivity contribution in [3.05, 3.63) is 52.9 Å². The van der Waals surface area contributed by atoms with Crippen LogP contribution >= 0.6 is 23.4 Å². The van der Waals surface area contributed by atoms with Crippen molar-refractivity contribution < 1.29 is 9.21 Å². The molecule has 0 saturated heterocycles. The molecule has 0 spiro atoms. The Balaban J connectivity index is 1.60. The predicted molar refractivity (Wildman–Crippen MR) is 97.2 cm³/mol. The summed E-state index contributed by atoms with van der Waals surface area (Å²) in [5.41, 5.74) is 2.65. The number of thioether (sulfide) groups is 1. The van der Waals surface area contributed by atoms with Gasteiger partial charge in [0.05, 0.1) is 10.6 Å². The lowest BCUT2D eigenvalue weighted by Crippen LogP contribution is -2.12. The maximum Gasteiger partial charge on any atom is 0.257 e. The van der Waals surface area contributed by atoms with Crippen LogP contribution in [-0.2, 0) is 0 Å². The Hall–Kier alpha value is -1.98. The SMILES string of the molecule is CSc1ccc(Cl)c(C(=O)Nc2ccc3oc(C4CC4)nc3c2)c1. The van der Waals surface area contributed by atoms with Gasteiger partial charge in [-0.3, -0.25) is 4.79 Å². The number of oxazole rings is 1. The predicted octanol–water partition coefficient (Wildman–Crippen LogP) is 5.33. The molecule has 4 rings (SSSR count). The number of aromatic nitrogens is 1. The average Bonchev–Trinajstić information content (AvgIpc) is 3.35. The van der Waals surface area contributed by atoms with Crippen molar-refractivity contribution in [2.24, 2.45) is 0 Å². The number of nitrogens with zero attached hydrogens (tertiary/aromatic N) is 1. The highest BCUT2D eigenvalue weighted by atomic mass is 35.5. The largest absolute Gasteiger partial charge is 0.440 e. The van der Waals surface area contributed by atoms with Gasteiger partial charge in [-0.2, -0.15) is 0 Å². The van der Waals surface area contributed by atoms with Crippen LogP contribution < -0.4 is 5.32 Å². The smallest absolute Gasteiger partial charge is 0.257 e. The summed E-state index contributed by atoms with van der Waals surface area (Å²) in [5, 5.41) is 3.32. The first-order valence-electron chi connectivity index (χ1n) is 7.69. The summed E-state index contributed by atoms with van der Waals surface area (Å²) in [7, 11) is 0. The summed E-state index contributed by atoms with van der Waals surface area (Å²) in [6.45, 7) is 0. The van der Waals surface area contributed by atoms with Crippen LogP contribution in [0.5, 0.6) is 0 Å². The summed E-state index contributed by atoms with van der Waals surface area (Å²) >= 11 is 7.72. The van der Waals surface area contributed by atoms with Crippen LogP contribution in [0.4, 0.5) is 5.69 Å². The van der Waals surface area contributed by atoms with Crippen LogP contribution in [0.25, 0.3) is 11.1 Å². The highest BCUT2D eigenvalue weighted by Crippen LogP contribution is 2.40. The second-order valence-corrected chi connectivity index (χ2v) is 7.10. The lowest BCUT2D eigenvalue weighted by atomic mass is 10.2. The van der Waals surface area contributed by atoms with E-state index in [2.05, 4.69) is 10.3 Å². The summed E-state index contributed by atoms with van der Waals surface area (Å²) in [6.07, 6.45) is 4.24. The molecule has 0 aliphatic heterocycles. The minimum Gasteiger partial charge on any atom is -0.440 e. The number of benzene rings is 2. The lowest BCUT2D eigenvalue weighted by molar-refractivity contribution is 0.102. The quantitative estimate of drug-likeness (QED) is 0.640. The Morgan fingerprint density at radius 1 is 1.29 bits per heavy atom. The van der Waals surface area contributed by atoms with Gasteiger partial charge in [0.1, 0.15) is 5.52 Å². The number of amides is 1. The molecule has 0 bridgehead atoms. The van der Waals surface area contributed by atoms with E-state index in [-0.39, 0.29) is 5.91 Å². The van der Waals surface area contributed by atoms with Gasteiger partial charge in [-0.25, -0.2) is 4.98 Å². The Morgan fingerprint density at radius 3 is 2.88 bits per heavy atom. The summed E-state index contributed by atoms with van der Waals surface area (Å²) in [5.74, 6) is 1.02. The number of rotatable bonds is 4. The number of anilines is 1. The van der Waals surface area contributed by atoms with E-state index >= 15 is 0 Å². The Morgan fingerprint density at radius 2 is 2.12 bits per heavy atom. The molecule has 1 N–H and O–H groups in total. The van der Waals surface area contributed by atoms with Crippen molar-refractivity contribution >= 4 is 46.1 Å². The molecule has 1 fully saturated rings. The molecular formula is C18H15ClN2O2S.